The van der Waals surface area contributed by atoms with E-state index < -0.39 is 0 Å². The lowest BCUT2D eigenvalue weighted by Crippen LogP contribution is -2.33. The zero-order chi connectivity index (χ0) is 15.2. The molecule has 0 aromatic heterocycles. The van der Waals surface area contributed by atoms with Crippen molar-refractivity contribution in [1.82, 2.24) is 5.32 Å². The summed E-state index contributed by atoms with van der Waals surface area (Å²) < 4.78 is 4.93. The van der Waals surface area contributed by atoms with Gasteiger partial charge in [-0.1, -0.05) is 17.7 Å². The molecule has 1 N–H and O–H groups in total. The lowest BCUT2D eigenvalue weighted by atomic mass is 10.1. The molecule has 1 atom stereocenters. The van der Waals surface area contributed by atoms with Gasteiger partial charge in [0.15, 0.2) is 0 Å². The van der Waals surface area contributed by atoms with Crippen molar-refractivity contribution in [1.29, 1.82) is 0 Å². The van der Waals surface area contributed by atoms with Crippen molar-refractivity contribution in [3.63, 3.8) is 0 Å². The van der Waals surface area contributed by atoms with Crippen LogP contribution in [0.25, 0.3) is 0 Å². The first-order valence-electron chi connectivity index (χ1n) is 6.94. The van der Waals surface area contributed by atoms with Crippen LogP contribution in [-0.4, -0.2) is 38.6 Å². The number of nitrogens with one attached hydrogen (secondary N) is 1. The van der Waals surface area contributed by atoms with Crippen LogP contribution in [0.3, 0.4) is 0 Å². The van der Waals surface area contributed by atoms with E-state index in [1.807, 2.05) is 6.07 Å². The highest BCUT2D eigenvalue weighted by atomic mass is 35.5. The van der Waals surface area contributed by atoms with Crippen LogP contribution < -0.4 is 10.2 Å². The van der Waals surface area contributed by atoms with Crippen molar-refractivity contribution in [2.24, 2.45) is 5.92 Å². The van der Waals surface area contributed by atoms with E-state index in [2.05, 4.69) is 5.32 Å². The molecule has 5 nitrogen and oxygen atoms in total. The van der Waals surface area contributed by atoms with Gasteiger partial charge >= 0.3 is 0 Å². The molecule has 0 bridgehead atoms. The Morgan fingerprint density at radius 1 is 1.52 bits per heavy atom. The van der Waals surface area contributed by atoms with Crippen LogP contribution in [0.4, 0.5) is 5.69 Å². The van der Waals surface area contributed by atoms with Crippen LogP contribution in [0, 0.1) is 5.92 Å². The van der Waals surface area contributed by atoms with Crippen molar-refractivity contribution >= 4 is 29.1 Å². The monoisotopic (exact) mass is 310 g/mol. The Kier molecular flexibility index (Phi) is 5.59. The smallest absolute Gasteiger partial charge is 0.227 e. The topological polar surface area (TPSA) is 58.6 Å². The molecule has 1 fully saturated rings. The molecule has 2 rings (SSSR count). The Bertz CT molecular complexity index is 521. The summed E-state index contributed by atoms with van der Waals surface area (Å²) >= 11 is 5.94. The third kappa shape index (κ3) is 4.19. The summed E-state index contributed by atoms with van der Waals surface area (Å²) in [5, 5.41) is 3.42. The average molecular weight is 311 g/mol. The molecule has 2 amide bonds. The molecule has 21 heavy (non-hydrogen) atoms. The molecule has 6 heteroatoms. The summed E-state index contributed by atoms with van der Waals surface area (Å²) in [5.41, 5.74) is 0.738. The minimum atomic E-state index is -0.306. The molecule has 1 saturated heterocycles. The number of nitrogens with zero attached hydrogens (tertiary/aromatic N) is 1. The maximum absolute atomic E-state index is 12.1. The summed E-state index contributed by atoms with van der Waals surface area (Å²) in [5.74, 6) is -0.433. The van der Waals surface area contributed by atoms with Crippen LogP contribution >= 0.6 is 11.6 Å². The Hall–Kier alpha value is -1.59. The van der Waals surface area contributed by atoms with E-state index in [0.29, 0.717) is 24.7 Å². The van der Waals surface area contributed by atoms with Crippen LogP contribution in [0.15, 0.2) is 24.3 Å². The molecule has 0 radical (unpaired) electrons. The fourth-order valence-corrected chi connectivity index (χ4v) is 2.53. The Morgan fingerprint density at radius 2 is 2.33 bits per heavy atom. The average Bonchev–Trinajstić information content (AvgIpc) is 2.85. The molecule has 0 spiro atoms. The second-order valence-electron chi connectivity index (χ2n) is 5.02. The molecule has 0 aliphatic carbocycles. The van der Waals surface area contributed by atoms with Crippen LogP contribution in [0.1, 0.15) is 12.8 Å². The first-order valence-corrected chi connectivity index (χ1v) is 7.32. The largest absolute Gasteiger partial charge is 0.385 e. The van der Waals surface area contributed by atoms with Gasteiger partial charge in [-0.15, -0.1) is 0 Å². The Labute approximate surface area is 129 Å². The number of ether oxygens (including phenoxy) is 1. The van der Waals surface area contributed by atoms with Gasteiger partial charge in [-0.05, 0) is 24.6 Å². The summed E-state index contributed by atoms with van der Waals surface area (Å²) in [7, 11) is 1.63. The van der Waals surface area contributed by atoms with Crippen LogP contribution in [-0.2, 0) is 14.3 Å². The minimum absolute atomic E-state index is 0.0469. The van der Waals surface area contributed by atoms with E-state index in [1.165, 1.54) is 0 Å². The van der Waals surface area contributed by atoms with E-state index >= 15 is 0 Å². The first kappa shape index (κ1) is 15.8. The van der Waals surface area contributed by atoms with Crippen molar-refractivity contribution in [2.75, 3.05) is 31.7 Å². The third-order valence-electron chi connectivity index (χ3n) is 3.44. The standard InChI is InChI=1S/C15H19ClN2O3/c1-21-7-3-6-17-15(20)11-8-14(19)18(10-11)13-5-2-4-12(16)9-13/h2,4-5,9,11H,3,6-8,10H2,1H3,(H,17,20). The lowest BCUT2D eigenvalue weighted by molar-refractivity contribution is -0.126. The zero-order valence-corrected chi connectivity index (χ0v) is 12.7. The van der Waals surface area contributed by atoms with Crippen molar-refractivity contribution in [2.45, 2.75) is 12.8 Å². The van der Waals surface area contributed by atoms with Gasteiger partial charge in [0.2, 0.25) is 11.8 Å². The predicted octanol–water partition coefficient (Wildman–Crippen LogP) is 1.85. The molecule has 1 aliphatic heterocycles. The zero-order valence-electron chi connectivity index (χ0n) is 12.0. The Balaban J connectivity index is 1.91. The highest BCUT2D eigenvalue weighted by Crippen LogP contribution is 2.27. The molecule has 1 heterocycles. The third-order valence-corrected chi connectivity index (χ3v) is 3.68. The van der Waals surface area contributed by atoms with E-state index in [-0.39, 0.29) is 24.2 Å². The fraction of sp³-hybridized carbons (Fsp3) is 0.467. The number of rotatable bonds is 6. The summed E-state index contributed by atoms with van der Waals surface area (Å²) in [6, 6.07) is 7.11. The second kappa shape index (κ2) is 7.43. The maximum atomic E-state index is 12.1. The minimum Gasteiger partial charge on any atom is -0.385 e. The van der Waals surface area contributed by atoms with Crippen molar-refractivity contribution in [3.05, 3.63) is 29.3 Å². The molecular formula is C15H19ClN2O3. The van der Waals surface area contributed by atoms with E-state index in [9.17, 15) is 9.59 Å². The molecule has 1 aromatic carbocycles. The number of methoxy groups -OCH3 is 1. The first-order chi connectivity index (χ1) is 10.1. The predicted molar refractivity (Wildman–Crippen MR) is 81.4 cm³/mol. The van der Waals surface area contributed by atoms with Gasteiger partial charge in [-0.2, -0.15) is 0 Å². The van der Waals surface area contributed by atoms with Crippen molar-refractivity contribution in [3.8, 4) is 0 Å². The summed E-state index contributed by atoms with van der Waals surface area (Å²) in [6.45, 7) is 1.57. The van der Waals surface area contributed by atoms with Gasteiger partial charge in [-0.3, -0.25) is 9.59 Å². The molecule has 1 unspecified atom stereocenters. The highest BCUT2D eigenvalue weighted by molar-refractivity contribution is 6.30. The maximum Gasteiger partial charge on any atom is 0.227 e. The number of anilines is 1. The van der Waals surface area contributed by atoms with E-state index in [1.54, 1.807) is 30.2 Å². The number of carbonyl (C=O) groups is 2. The number of carbonyl (C=O) groups excluding carboxylic acids is 2. The van der Waals surface area contributed by atoms with Crippen LogP contribution in [0.5, 0.6) is 0 Å². The van der Waals surface area contributed by atoms with Gasteiger partial charge in [0.1, 0.15) is 0 Å². The van der Waals surface area contributed by atoms with Gasteiger partial charge < -0.3 is 15.0 Å². The number of benzene rings is 1. The normalized spacial score (nSPS) is 18.1. The molecular weight excluding hydrogens is 292 g/mol. The quantitative estimate of drug-likeness (QED) is 0.816. The Morgan fingerprint density at radius 3 is 3.05 bits per heavy atom. The number of halogens is 1. The van der Waals surface area contributed by atoms with Gasteiger partial charge in [0.05, 0.1) is 5.92 Å². The number of hydrogen-bond donors (Lipinski definition) is 1. The van der Waals surface area contributed by atoms with Gasteiger partial charge in [-0.25, -0.2) is 0 Å². The fourth-order valence-electron chi connectivity index (χ4n) is 2.35. The van der Waals surface area contributed by atoms with Crippen molar-refractivity contribution < 1.29 is 14.3 Å². The van der Waals surface area contributed by atoms with Gasteiger partial charge in [0.25, 0.3) is 0 Å². The lowest BCUT2D eigenvalue weighted by Gasteiger charge is -2.17. The summed E-state index contributed by atoms with van der Waals surface area (Å²) in [6.07, 6.45) is 1.00. The second-order valence-corrected chi connectivity index (χ2v) is 5.46. The SMILES string of the molecule is COCCCNC(=O)C1CC(=O)N(c2cccc(Cl)c2)C1. The molecule has 114 valence electrons. The number of amides is 2. The van der Waals surface area contributed by atoms with E-state index in [4.69, 9.17) is 16.3 Å². The highest BCUT2D eigenvalue weighted by Gasteiger charge is 2.34. The summed E-state index contributed by atoms with van der Waals surface area (Å²) in [4.78, 5) is 25.7. The molecule has 0 saturated carbocycles. The molecule has 1 aliphatic rings. The number of hydrogen-bond acceptors (Lipinski definition) is 3. The van der Waals surface area contributed by atoms with E-state index in [0.717, 1.165) is 12.1 Å². The van der Waals surface area contributed by atoms with Gasteiger partial charge in [0, 0.05) is 43.9 Å². The van der Waals surface area contributed by atoms with Crippen LogP contribution in [0.2, 0.25) is 5.02 Å². The molecule has 1 aromatic rings.